The average Bonchev–Trinajstić information content (AvgIpc) is 3.06. The lowest BCUT2D eigenvalue weighted by Crippen LogP contribution is -2.02. The van der Waals surface area contributed by atoms with E-state index in [2.05, 4.69) is 59.6 Å². The van der Waals surface area contributed by atoms with E-state index < -0.39 is 0 Å². The Morgan fingerprint density at radius 1 is 0.818 bits per heavy atom. The van der Waals surface area contributed by atoms with Crippen LogP contribution in [0.5, 0.6) is 0 Å². The maximum absolute atomic E-state index is 6.08. The highest BCUT2D eigenvalue weighted by Crippen LogP contribution is 2.32. The van der Waals surface area contributed by atoms with Crippen LogP contribution in [0, 0.1) is 0 Å². The smallest absolute Gasteiger partial charge is 0.147 e. The third kappa shape index (κ3) is 2.86. The Kier molecular flexibility index (Phi) is 4.19. The molecule has 1 aromatic heterocycles. The third-order valence-electron chi connectivity index (χ3n) is 3.87. The van der Waals surface area contributed by atoms with Gasteiger partial charge in [-0.1, -0.05) is 60.7 Å². The summed E-state index contributed by atoms with van der Waals surface area (Å²) in [7, 11) is 1.78. The van der Waals surface area contributed by atoms with Crippen molar-refractivity contribution >= 4 is 5.71 Å². The van der Waals surface area contributed by atoms with Crippen LogP contribution in [0.25, 0.3) is 0 Å². The molecule has 0 bridgehead atoms. The van der Waals surface area contributed by atoms with E-state index in [4.69, 9.17) is 4.42 Å². The van der Waals surface area contributed by atoms with Crippen molar-refractivity contribution in [3.8, 4) is 0 Å². The SMILES string of the molecule is CN=C(C)c1ccc(C(c2ccccc2)c2ccccc2)o1. The molecule has 2 heteroatoms. The molecule has 22 heavy (non-hydrogen) atoms. The Labute approximate surface area is 131 Å². The van der Waals surface area contributed by atoms with Crippen molar-refractivity contribution in [2.24, 2.45) is 4.99 Å². The van der Waals surface area contributed by atoms with Gasteiger partial charge < -0.3 is 4.42 Å². The van der Waals surface area contributed by atoms with E-state index in [0.29, 0.717) is 0 Å². The molecule has 3 aromatic rings. The lowest BCUT2D eigenvalue weighted by atomic mass is 9.89. The fraction of sp³-hybridized carbons (Fsp3) is 0.150. The minimum atomic E-state index is 0.0980. The molecule has 0 saturated carbocycles. The van der Waals surface area contributed by atoms with Crippen molar-refractivity contribution in [2.45, 2.75) is 12.8 Å². The second-order valence-corrected chi connectivity index (χ2v) is 5.27. The lowest BCUT2D eigenvalue weighted by Gasteiger charge is -2.15. The summed E-state index contributed by atoms with van der Waals surface area (Å²) in [5.74, 6) is 1.87. The van der Waals surface area contributed by atoms with Crippen LogP contribution in [0.4, 0.5) is 0 Å². The molecule has 0 aliphatic heterocycles. The molecule has 2 nitrogen and oxygen atoms in total. The number of aliphatic imine (C=N–C) groups is 1. The van der Waals surface area contributed by atoms with Crippen LogP contribution in [-0.2, 0) is 0 Å². The van der Waals surface area contributed by atoms with Gasteiger partial charge in [0.15, 0.2) is 0 Å². The average molecular weight is 289 g/mol. The normalized spacial score (nSPS) is 11.9. The minimum Gasteiger partial charge on any atom is -0.459 e. The first kappa shape index (κ1) is 14.3. The number of hydrogen-bond donors (Lipinski definition) is 0. The van der Waals surface area contributed by atoms with Crippen molar-refractivity contribution in [2.75, 3.05) is 7.05 Å². The maximum atomic E-state index is 6.08. The molecule has 110 valence electrons. The maximum Gasteiger partial charge on any atom is 0.147 e. The van der Waals surface area contributed by atoms with Gasteiger partial charge in [0.1, 0.15) is 11.5 Å². The second kappa shape index (κ2) is 6.44. The van der Waals surface area contributed by atoms with Gasteiger partial charge in [0.25, 0.3) is 0 Å². The Morgan fingerprint density at radius 2 is 1.36 bits per heavy atom. The fourth-order valence-corrected chi connectivity index (χ4v) is 2.62. The summed E-state index contributed by atoms with van der Waals surface area (Å²) < 4.78 is 6.08. The molecule has 0 radical (unpaired) electrons. The van der Waals surface area contributed by atoms with Crippen LogP contribution < -0.4 is 0 Å². The number of nitrogens with zero attached hydrogens (tertiary/aromatic N) is 1. The molecule has 0 amide bonds. The topological polar surface area (TPSA) is 25.5 Å². The van der Waals surface area contributed by atoms with Crippen molar-refractivity contribution in [3.63, 3.8) is 0 Å². The summed E-state index contributed by atoms with van der Waals surface area (Å²) in [5.41, 5.74) is 3.35. The van der Waals surface area contributed by atoms with Gasteiger partial charge in [-0.2, -0.15) is 0 Å². The summed E-state index contributed by atoms with van der Waals surface area (Å²) in [6.07, 6.45) is 0. The van der Waals surface area contributed by atoms with E-state index in [1.54, 1.807) is 7.05 Å². The van der Waals surface area contributed by atoms with Crippen molar-refractivity contribution in [3.05, 3.63) is 95.4 Å². The van der Waals surface area contributed by atoms with Crippen LogP contribution >= 0.6 is 0 Å². The Hall–Kier alpha value is -2.61. The second-order valence-electron chi connectivity index (χ2n) is 5.27. The predicted octanol–water partition coefficient (Wildman–Crippen LogP) is 4.90. The number of rotatable bonds is 4. The molecule has 2 aromatic carbocycles. The first-order valence-corrected chi connectivity index (χ1v) is 7.43. The summed E-state index contributed by atoms with van der Waals surface area (Å²) in [5, 5.41) is 0. The zero-order valence-corrected chi connectivity index (χ0v) is 12.9. The van der Waals surface area contributed by atoms with Crippen molar-refractivity contribution in [1.82, 2.24) is 0 Å². The van der Waals surface area contributed by atoms with Crippen LogP contribution in [0.2, 0.25) is 0 Å². The fourth-order valence-electron chi connectivity index (χ4n) is 2.62. The minimum absolute atomic E-state index is 0.0980. The highest BCUT2D eigenvalue weighted by Gasteiger charge is 2.20. The molecule has 0 saturated heterocycles. The van der Waals surface area contributed by atoms with E-state index in [-0.39, 0.29) is 5.92 Å². The molecule has 0 unspecified atom stereocenters. The number of hydrogen-bond acceptors (Lipinski definition) is 2. The van der Waals surface area contributed by atoms with Crippen LogP contribution in [0.15, 0.2) is 82.2 Å². The van der Waals surface area contributed by atoms with E-state index in [0.717, 1.165) is 17.2 Å². The van der Waals surface area contributed by atoms with Gasteiger partial charge >= 0.3 is 0 Å². The Morgan fingerprint density at radius 3 is 1.86 bits per heavy atom. The predicted molar refractivity (Wildman–Crippen MR) is 90.7 cm³/mol. The quantitative estimate of drug-likeness (QED) is 0.627. The zero-order valence-electron chi connectivity index (χ0n) is 12.9. The molecular weight excluding hydrogens is 270 g/mol. The summed E-state index contributed by atoms with van der Waals surface area (Å²) in [6.45, 7) is 1.96. The van der Waals surface area contributed by atoms with Crippen LogP contribution in [-0.4, -0.2) is 12.8 Å². The molecular formula is C20H19NO. The van der Waals surface area contributed by atoms with Gasteiger partial charge in [0.2, 0.25) is 0 Å². The van der Waals surface area contributed by atoms with Gasteiger partial charge in [0, 0.05) is 7.05 Å². The van der Waals surface area contributed by atoms with Crippen molar-refractivity contribution in [1.29, 1.82) is 0 Å². The monoisotopic (exact) mass is 289 g/mol. The van der Waals surface area contributed by atoms with Gasteiger partial charge in [-0.05, 0) is 30.2 Å². The van der Waals surface area contributed by atoms with Gasteiger partial charge in [-0.25, -0.2) is 0 Å². The van der Waals surface area contributed by atoms with E-state index in [9.17, 15) is 0 Å². The molecule has 0 aliphatic rings. The standard InChI is InChI=1S/C20H19NO/c1-15(21-2)18-13-14-19(22-18)20(16-9-5-3-6-10-16)17-11-7-4-8-12-17/h3-14,20H,1-2H3. The molecule has 0 aliphatic carbocycles. The molecule has 0 fully saturated rings. The van der Waals surface area contributed by atoms with E-state index in [1.165, 1.54) is 11.1 Å². The highest BCUT2D eigenvalue weighted by atomic mass is 16.3. The van der Waals surface area contributed by atoms with Gasteiger partial charge in [-0.15, -0.1) is 0 Å². The first-order chi connectivity index (χ1) is 10.8. The van der Waals surface area contributed by atoms with Crippen LogP contribution in [0.3, 0.4) is 0 Å². The summed E-state index contributed by atoms with van der Waals surface area (Å²) in [4.78, 5) is 4.20. The van der Waals surface area contributed by atoms with Crippen LogP contribution in [0.1, 0.15) is 35.5 Å². The zero-order chi connectivity index (χ0) is 15.4. The summed E-state index contributed by atoms with van der Waals surface area (Å²) >= 11 is 0. The molecule has 0 spiro atoms. The Balaban J connectivity index is 2.08. The van der Waals surface area contributed by atoms with Gasteiger partial charge in [0.05, 0.1) is 11.6 Å². The molecule has 0 atom stereocenters. The number of benzene rings is 2. The van der Waals surface area contributed by atoms with Gasteiger partial charge in [-0.3, -0.25) is 4.99 Å². The first-order valence-electron chi connectivity index (χ1n) is 7.43. The molecule has 1 heterocycles. The van der Waals surface area contributed by atoms with E-state index in [1.807, 2.05) is 25.1 Å². The highest BCUT2D eigenvalue weighted by molar-refractivity contribution is 5.96. The Bertz CT molecular complexity index is 717. The largest absolute Gasteiger partial charge is 0.459 e. The summed E-state index contributed by atoms with van der Waals surface area (Å²) in [6, 6.07) is 24.9. The number of furan rings is 1. The van der Waals surface area contributed by atoms with Crippen molar-refractivity contribution < 1.29 is 4.42 Å². The molecule has 0 N–H and O–H groups in total. The molecule has 3 rings (SSSR count). The van der Waals surface area contributed by atoms with E-state index >= 15 is 0 Å². The lowest BCUT2D eigenvalue weighted by molar-refractivity contribution is 0.496. The third-order valence-corrected chi connectivity index (χ3v) is 3.87.